The maximum atomic E-state index is 13.4. The molecule has 6 nitrogen and oxygen atoms in total. The molecule has 0 atom stereocenters. The lowest BCUT2D eigenvalue weighted by Crippen LogP contribution is -2.40. The van der Waals surface area contributed by atoms with Gasteiger partial charge in [-0.15, -0.1) is 16.4 Å². The number of nitrogens with two attached hydrogens (primary N) is 1. The van der Waals surface area contributed by atoms with Gasteiger partial charge in [0.1, 0.15) is 0 Å². The van der Waals surface area contributed by atoms with E-state index in [1.807, 2.05) is 19.9 Å². The molecule has 1 aliphatic heterocycles. The first-order chi connectivity index (χ1) is 15.5. The van der Waals surface area contributed by atoms with E-state index in [1.54, 1.807) is 0 Å². The van der Waals surface area contributed by atoms with Crippen molar-refractivity contribution in [3.63, 3.8) is 0 Å². The number of alkyl halides is 3. The highest BCUT2D eigenvalue weighted by Gasteiger charge is 2.37. The van der Waals surface area contributed by atoms with Crippen LogP contribution in [0.2, 0.25) is 0 Å². The summed E-state index contributed by atoms with van der Waals surface area (Å²) in [4.78, 5) is 16.3. The number of aryl methyl sites for hydroxylation is 1. The molecule has 0 amide bonds. The summed E-state index contributed by atoms with van der Waals surface area (Å²) < 4.78 is 40.2. The van der Waals surface area contributed by atoms with Crippen molar-refractivity contribution in [2.75, 3.05) is 31.2 Å². The van der Waals surface area contributed by atoms with Gasteiger partial charge in [0, 0.05) is 23.0 Å². The summed E-state index contributed by atoms with van der Waals surface area (Å²) in [5.41, 5.74) is 5.58. The molecule has 1 saturated heterocycles. The van der Waals surface area contributed by atoms with E-state index in [1.165, 1.54) is 17.4 Å². The van der Waals surface area contributed by atoms with Gasteiger partial charge in [-0.25, -0.2) is 0 Å². The van der Waals surface area contributed by atoms with Crippen LogP contribution in [0.4, 0.5) is 24.7 Å². The number of carbonyl (C=O) groups is 1. The van der Waals surface area contributed by atoms with Crippen LogP contribution >= 0.6 is 11.3 Å². The molecule has 2 aromatic heterocycles. The standard InChI is InChI=1S/C23H26F3N5OS/c1-13-19-17(11-18(33-19)20(32)22(2)4-6-31(3)7-5-22)21(30-29-13)28-12-14-8-15(23(24,25)26)10-16(27)9-14/h8-11H,4-7,12,27H2,1-3H3,(H,28,30). The number of halogens is 3. The summed E-state index contributed by atoms with van der Waals surface area (Å²) in [5, 5.41) is 12.2. The highest BCUT2D eigenvalue weighted by Crippen LogP contribution is 2.39. The number of thiophene rings is 1. The Kier molecular flexibility index (Phi) is 6.09. The van der Waals surface area contributed by atoms with Crippen LogP contribution in [0.3, 0.4) is 0 Å². The number of piperidine rings is 1. The Balaban J connectivity index is 1.61. The molecule has 10 heteroatoms. The molecule has 4 rings (SSSR count). The van der Waals surface area contributed by atoms with Crippen LogP contribution < -0.4 is 11.1 Å². The molecule has 1 fully saturated rings. The predicted molar refractivity (Wildman–Crippen MR) is 125 cm³/mol. The molecule has 0 aliphatic carbocycles. The van der Waals surface area contributed by atoms with E-state index in [2.05, 4.69) is 27.5 Å². The number of nitrogens with zero attached hydrogens (tertiary/aromatic N) is 3. The Labute approximate surface area is 194 Å². The Bertz CT molecular complexity index is 1200. The summed E-state index contributed by atoms with van der Waals surface area (Å²) in [6.45, 7) is 5.69. The first-order valence-electron chi connectivity index (χ1n) is 10.7. The maximum Gasteiger partial charge on any atom is 0.416 e. The van der Waals surface area contributed by atoms with Crippen molar-refractivity contribution in [2.24, 2.45) is 5.41 Å². The highest BCUT2D eigenvalue weighted by atomic mass is 32.1. The van der Waals surface area contributed by atoms with Crippen LogP contribution in [0.15, 0.2) is 24.3 Å². The number of benzene rings is 1. The minimum Gasteiger partial charge on any atom is -0.399 e. The number of carbonyl (C=O) groups excluding carboxylic acids is 1. The molecule has 1 aliphatic rings. The summed E-state index contributed by atoms with van der Waals surface area (Å²) in [6.07, 6.45) is -2.88. The molecule has 0 radical (unpaired) electrons. The van der Waals surface area contributed by atoms with Crippen molar-refractivity contribution < 1.29 is 18.0 Å². The van der Waals surface area contributed by atoms with Gasteiger partial charge in [-0.1, -0.05) is 6.92 Å². The number of hydrogen-bond donors (Lipinski definition) is 2. The summed E-state index contributed by atoms with van der Waals surface area (Å²) in [7, 11) is 2.06. The van der Waals surface area contributed by atoms with Crippen molar-refractivity contribution in [2.45, 2.75) is 39.4 Å². The lowest BCUT2D eigenvalue weighted by atomic mass is 9.76. The molecular formula is C23H26F3N5OS. The molecule has 0 spiro atoms. The van der Waals surface area contributed by atoms with Gasteiger partial charge >= 0.3 is 6.18 Å². The minimum atomic E-state index is -4.48. The summed E-state index contributed by atoms with van der Waals surface area (Å²) in [6, 6.07) is 5.29. The maximum absolute atomic E-state index is 13.4. The minimum absolute atomic E-state index is 0.0385. The third-order valence-electron chi connectivity index (χ3n) is 6.28. The van der Waals surface area contributed by atoms with E-state index in [9.17, 15) is 18.0 Å². The average molecular weight is 478 g/mol. The molecule has 3 N–H and O–H groups in total. The van der Waals surface area contributed by atoms with Gasteiger partial charge in [-0.05, 0) is 69.7 Å². The first kappa shape index (κ1) is 23.4. The Morgan fingerprint density at radius 1 is 1.21 bits per heavy atom. The quantitative estimate of drug-likeness (QED) is 0.392. The fourth-order valence-electron chi connectivity index (χ4n) is 4.11. The smallest absolute Gasteiger partial charge is 0.399 e. The van der Waals surface area contributed by atoms with Crippen LogP contribution in [0.5, 0.6) is 0 Å². The van der Waals surface area contributed by atoms with Crippen molar-refractivity contribution in [1.29, 1.82) is 0 Å². The van der Waals surface area contributed by atoms with Gasteiger partial charge in [0.25, 0.3) is 0 Å². The second-order valence-electron chi connectivity index (χ2n) is 9.00. The van der Waals surface area contributed by atoms with Crippen molar-refractivity contribution in [1.82, 2.24) is 15.1 Å². The Morgan fingerprint density at radius 2 is 1.91 bits per heavy atom. The zero-order valence-corrected chi connectivity index (χ0v) is 19.5. The fraction of sp³-hybridized carbons (Fsp3) is 0.435. The number of Topliss-reactive ketones (excluding diaryl/α,β-unsaturated/α-hetero) is 1. The number of rotatable bonds is 5. The van der Waals surface area contributed by atoms with Crippen LogP contribution in [0.1, 0.15) is 46.3 Å². The van der Waals surface area contributed by atoms with E-state index in [-0.39, 0.29) is 18.0 Å². The number of hydrogen-bond acceptors (Lipinski definition) is 7. The van der Waals surface area contributed by atoms with Gasteiger partial charge in [-0.3, -0.25) is 4.79 Å². The number of anilines is 2. The molecule has 0 saturated carbocycles. The zero-order valence-electron chi connectivity index (χ0n) is 18.7. The topological polar surface area (TPSA) is 84.1 Å². The fourth-order valence-corrected chi connectivity index (χ4v) is 5.30. The van der Waals surface area contributed by atoms with Crippen molar-refractivity contribution >= 4 is 38.7 Å². The number of aromatic nitrogens is 2. The lowest BCUT2D eigenvalue weighted by Gasteiger charge is -2.36. The van der Waals surface area contributed by atoms with E-state index in [0.29, 0.717) is 22.0 Å². The second-order valence-corrected chi connectivity index (χ2v) is 10.0. The van der Waals surface area contributed by atoms with Crippen LogP contribution in [-0.2, 0) is 12.7 Å². The van der Waals surface area contributed by atoms with Crippen LogP contribution in [0, 0.1) is 12.3 Å². The number of likely N-dealkylation sites (tertiary alicyclic amines) is 1. The highest BCUT2D eigenvalue weighted by molar-refractivity contribution is 7.21. The number of nitrogen functional groups attached to an aromatic ring is 1. The number of fused-ring (bicyclic) bond motifs is 1. The SMILES string of the molecule is Cc1nnc(NCc2cc(N)cc(C(F)(F)F)c2)c2cc(C(=O)C3(C)CCN(C)CC3)sc12. The third-order valence-corrected chi connectivity index (χ3v) is 7.52. The Morgan fingerprint density at radius 3 is 2.58 bits per heavy atom. The van der Waals surface area contributed by atoms with Crippen LogP contribution in [0.25, 0.3) is 10.1 Å². The zero-order chi connectivity index (χ0) is 24.0. The first-order valence-corrected chi connectivity index (χ1v) is 11.5. The summed E-state index contributed by atoms with van der Waals surface area (Å²) >= 11 is 1.39. The lowest BCUT2D eigenvalue weighted by molar-refractivity contribution is -0.137. The van der Waals surface area contributed by atoms with Gasteiger partial charge < -0.3 is 16.0 Å². The molecule has 176 valence electrons. The van der Waals surface area contributed by atoms with Crippen molar-refractivity contribution in [3.05, 3.63) is 46.0 Å². The molecular weight excluding hydrogens is 451 g/mol. The molecule has 1 aromatic carbocycles. The van der Waals surface area contributed by atoms with Crippen LogP contribution in [-0.4, -0.2) is 41.0 Å². The largest absolute Gasteiger partial charge is 0.416 e. The monoisotopic (exact) mass is 477 g/mol. The summed E-state index contributed by atoms with van der Waals surface area (Å²) in [5.74, 6) is 0.545. The number of nitrogens with one attached hydrogen (secondary N) is 1. The van der Waals surface area contributed by atoms with Gasteiger partial charge in [0.15, 0.2) is 11.6 Å². The van der Waals surface area contributed by atoms with Gasteiger partial charge in [-0.2, -0.15) is 18.3 Å². The molecule has 0 bridgehead atoms. The second kappa shape index (κ2) is 8.57. The van der Waals surface area contributed by atoms with Crippen molar-refractivity contribution in [3.8, 4) is 0 Å². The Hall–Kier alpha value is -2.72. The third kappa shape index (κ3) is 4.81. The molecule has 33 heavy (non-hydrogen) atoms. The van der Waals surface area contributed by atoms with Gasteiger partial charge in [0.2, 0.25) is 0 Å². The number of ketones is 1. The van der Waals surface area contributed by atoms with E-state index in [0.717, 1.165) is 48.2 Å². The van der Waals surface area contributed by atoms with Gasteiger partial charge in [0.05, 0.1) is 20.8 Å². The van der Waals surface area contributed by atoms with E-state index < -0.39 is 17.2 Å². The average Bonchev–Trinajstić information content (AvgIpc) is 3.20. The normalized spacial score (nSPS) is 16.8. The van der Waals surface area contributed by atoms with E-state index in [4.69, 9.17) is 5.73 Å². The van der Waals surface area contributed by atoms with E-state index >= 15 is 0 Å². The molecule has 3 heterocycles. The molecule has 0 unspecified atom stereocenters. The predicted octanol–water partition coefficient (Wildman–Crippen LogP) is 5.13. The molecule has 3 aromatic rings.